The predicted octanol–water partition coefficient (Wildman–Crippen LogP) is 5.67. The summed E-state index contributed by atoms with van der Waals surface area (Å²) in [4.78, 5) is 23.8. The molecular formula is C19H13F2N3O3S. The highest BCUT2D eigenvalue weighted by Gasteiger charge is 2.12. The first-order valence-corrected chi connectivity index (χ1v) is 8.78. The summed E-state index contributed by atoms with van der Waals surface area (Å²) >= 11 is 1.39. The van der Waals surface area contributed by atoms with Gasteiger partial charge in [-0.25, -0.2) is 13.6 Å². The fraction of sp³-hybridized carbons (Fsp3) is 0. The van der Waals surface area contributed by atoms with Gasteiger partial charge >= 0.3 is 6.03 Å². The van der Waals surface area contributed by atoms with E-state index < -0.39 is 28.3 Å². The smallest absolute Gasteiger partial charge is 0.308 e. The highest BCUT2D eigenvalue weighted by Crippen LogP contribution is 2.29. The van der Waals surface area contributed by atoms with Crippen molar-refractivity contribution >= 4 is 34.9 Å². The van der Waals surface area contributed by atoms with Gasteiger partial charge < -0.3 is 10.6 Å². The molecule has 3 aromatic rings. The number of rotatable bonds is 5. The Morgan fingerprint density at radius 1 is 0.857 bits per heavy atom. The van der Waals surface area contributed by atoms with Crippen molar-refractivity contribution in [1.82, 2.24) is 0 Å². The zero-order chi connectivity index (χ0) is 20.1. The normalized spacial score (nSPS) is 10.4. The number of amides is 2. The van der Waals surface area contributed by atoms with Gasteiger partial charge in [-0.15, -0.1) is 0 Å². The number of para-hydroxylation sites is 1. The molecule has 0 fully saturated rings. The average molecular weight is 401 g/mol. The van der Waals surface area contributed by atoms with E-state index in [2.05, 4.69) is 10.6 Å². The van der Waals surface area contributed by atoms with Gasteiger partial charge in [0.2, 0.25) is 0 Å². The number of anilines is 2. The van der Waals surface area contributed by atoms with Crippen LogP contribution in [0.3, 0.4) is 0 Å². The molecule has 0 aliphatic heterocycles. The molecule has 0 aromatic heterocycles. The molecule has 0 aliphatic carbocycles. The molecule has 2 N–H and O–H groups in total. The minimum absolute atomic E-state index is 0.0150. The number of nitrogens with one attached hydrogen (secondary N) is 2. The topological polar surface area (TPSA) is 84.3 Å². The number of nitro groups is 1. The second kappa shape index (κ2) is 8.49. The third-order valence-corrected chi connectivity index (χ3v) is 4.61. The molecule has 3 aromatic carbocycles. The first-order chi connectivity index (χ1) is 13.4. The van der Waals surface area contributed by atoms with E-state index >= 15 is 0 Å². The van der Waals surface area contributed by atoms with Crippen molar-refractivity contribution in [2.75, 3.05) is 10.6 Å². The summed E-state index contributed by atoms with van der Waals surface area (Å²) in [6.07, 6.45) is 0. The number of halogens is 2. The van der Waals surface area contributed by atoms with Gasteiger partial charge in [-0.2, -0.15) is 0 Å². The van der Waals surface area contributed by atoms with E-state index in [-0.39, 0.29) is 5.69 Å². The molecule has 28 heavy (non-hydrogen) atoms. The largest absolute Gasteiger partial charge is 0.323 e. The van der Waals surface area contributed by atoms with Crippen LogP contribution in [0.1, 0.15) is 0 Å². The molecule has 142 valence electrons. The van der Waals surface area contributed by atoms with E-state index in [0.717, 1.165) is 21.9 Å². The Morgan fingerprint density at radius 2 is 1.39 bits per heavy atom. The molecular weight excluding hydrogens is 388 g/mol. The van der Waals surface area contributed by atoms with Gasteiger partial charge in [0.25, 0.3) is 5.69 Å². The molecule has 3 rings (SSSR count). The Morgan fingerprint density at radius 3 is 1.93 bits per heavy atom. The summed E-state index contributed by atoms with van der Waals surface area (Å²) in [5, 5.41) is 15.3. The molecule has 0 spiro atoms. The lowest BCUT2D eigenvalue weighted by atomic mass is 10.3. The Labute approximate surface area is 162 Å². The van der Waals surface area contributed by atoms with Crippen LogP contribution in [-0.4, -0.2) is 11.0 Å². The fourth-order valence-electron chi connectivity index (χ4n) is 2.27. The van der Waals surface area contributed by atoms with Crippen LogP contribution in [0.4, 0.5) is 30.6 Å². The van der Waals surface area contributed by atoms with E-state index in [0.29, 0.717) is 5.69 Å². The number of nitrogens with zero attached hydrogens (tertiary/aromatic N) is 1. The summed E-state index contributed by atoms with van der Waals surface area (Å²) < 4.78 is 27.1. The molecule has 2 amide bonds. The maximum atomic E-state index is 13.6. The van der Waals surface area contributed by atoms with Gasteiger partial charge in [-0.1, -0.05) is 17.8 Å². The first kappa shape index (κ1) is 19.3. The zero-order valence-electron chi connectivity index (χ0n) is 14.2. The third kappa shape index (κ3) is 4.83. The van der Waals surface area contributed by atoms with Crippen LogP contribution in [0.5, 0.6) is 0 Å². The molecule has 6 nitrogen and oxygen atoms in total. The standard InChI is InChI=1S/C19H13F2N3O3S/c20-16-2-1-3-17(21)18(16)23-19(25)22-12-4-8-14(9-5-12)28-15-10-6-13(7-11-15)24(26)27/h1-11H,(H2,22,23,25). The van der Waals surface area contributed by atoms with Crippen molar-refractivity contribution in [2.24, 2.45) is 0 Å². The van der Waals surface area contributed by atoms with Gasteiger partial charge in [0.15, 0.2) is 0 Å². The minimum Gasteiger partial charge on any atom is -0.308 e. The number of hydrogen-bond acceptors (Lipinski definition) is 4. The molecule has 0 saturated heterocycles. The SMILES string of the molecule is O=C(Nc1ccc(Sc2ccc([N+](=O)[O-])cc2)cc1)Nc1c(F)cccc1F. The minimum atomic E-state index is -0.870. The number of non-ortho nitro benzene ring substituents is 1. The van der Waals surface area contributed by atoms with Crippen LogP contribution in [0.2, 0.25) is 0 Å². The molecule has 9 heteroatoms. The van der Waals surface area contributed by atoms with Crippen LogP contribution >= 0.6 is 11.8 Å². The van der Waals surface area contributed by atoms with Crippen LogP contribution in [0, 0.1) is 21.7 Å². The molecule has 0 saturated carbocycles. The Bertz CT molecular complexity index is 992. The maximum absolute atomic E-state index is 13.6. The lowest BCUT2D eigenvalue weighted by molar-refractivity contribution is -0.384. The van der Waals surface area contributed by atoms with Crippen molar-refractivity contribution in [3.63, 3.8) is 0 Å². The summed E-state index contributed by atoms with van der Waals surface area (Å²) in [7, 11) is 0. The summed E-state index contributed by atoms with van der Waals surface area (Å²) in [5.41, 5.74) is -0.0751. The van der Waals surface area contributed by atoms with E-state index in [1.165, 1.54) is 30.0 Å². The van der Waals surface area contributed by atoms with E-state index in [9.17, 15) is 23.7 Å². The lowest BCUT2D eigenvalue weighted by Crippen LogP contribution is -2.20. The average Bonchev–Trinajstić information content (AvgIpc) is 2.67. The van der Waals surface area contributed by atoms with E-state index in [1.807, 2.05) is 0 Å². The number of benzene rings is 3. The highest BCUT2D eigenvalue weighted by atomic mass is 32.2. The van der Waals surface area contributed by atoms with Gasteiger partial charge in [0.05, 0.1) is 4.92 Å². The molecule has 0 unspecified atom stereocenters. The predicted molar refractivity (Wildman–Crippen MR) is 103 cm³/mol. The summed E-state index contributed by atoms with van der Waals surface area (Å²) in [5.74, 6) is -1.74. The third-order valence-electron chi connectivity index (χ3n) is 3.60. The van der Waals surface area contributed by atoms with Crippen molar-refractivity contribution in [1.29, 1.82) is 0 Å². The maximum Gasteiger partial charge on any atom is 0.323 e. The fourth-order valence-corrected chi connectivity index (χ4v) is 3.09. The number of nitro benzene ring substituents is 1. The first-order valence-electron chi connectivity index (χ1n) is 7.97. The van der Waals surface area contributed by atoms with Crippen molar-refractivity contribution in [3.8, 4) is 0 Å². The molecule has 0 aliphatic rings. The lowest BCUT2D eigenvalue weighted by Gasteiger charge is -2.10. The second-order valence-corrected chi connectivity index (χ2v) is 6.70. The number of carbonyl (C=O) groups excluding carboxylic acids is 1. The second-order valence-electron chi connectivity index (χ2n) is 5.55. The van der Waals surface area contributed by atoms with E-state index in [1.54, 1.807) is 36.4 Å². The molecule has 0 heterocycles. The Hall–Kier alpha value is -3.46. The number of urea groups is 1. The quantitative estimate of drug-likeness (QED) is 0.426. The van der Waals surface area contributed by atoms with Crippen LogP contribution in [-0.2, 0) is 0 Å². The summed E-state index contributed by atoms with van der Waals surface area (Å²) in [6.45, 7) is 0. The van der Waals surface area contributed by atoms with Crippen molar-refractivity contribution < 1.29 is 18.5 Å². The van der Waals surface area contributed by atoms with Gasteiger partial charge in [0, 0.05) is 27.6 Å². The Balaban J connectivity index is 1.61. The zero-order valence-corrected chi connectivity index (χ0v) is 15.0. The van der Waals surface area contributed by atoms with Gasteiger partial charge in [-0.3, -0.25) is 10.1 Å². The van der Waals surface area contributed by atoms with Crippen LogP contribution in [0.25, 0.3) is 0 Å². The van der Waals surface area contributed by atoms with Gasteiger partial charge in [0.1, 0.15) is 17.3 Å². The number of hydrogen-bond donors (Lipinski definition) is 2. The molecule has 0 atom stereocenters. The monoisotopic (exact) mass is 401 g/mol. The highest BCUT2D eigenvalue weighted by molar-refractivity contribution is 7.99. The van der Waals surface area contributed by atoms with Crippen LogP contribution in [0.15, 0.2) is 76.5 Å². The van der Waals surface area contributed by atoms with Crippen LogP contribution < -0.4 is 10.6 Å². The van der Waals surface area contributed by atoms with Crippen molar-refractivity contribution in [3.05, 3.63) is 88.5 Å². The molecule has 0 radical (unpaired) electrons. The number of carbonyl (C=O) groups is 1. The molecule has 0 bridgehead atoms. The van der Waals surface area contributed by atoms with Crippen molar-refractivity contribution in [2.45, 2.75) is 9.79 Å². The Kier molecular flexibility index (Phi) is 5.85. The van der Waals surface area contributed by atoms with E-state index in [4.69, 9.17) is 0 Å². The summed E-state index contributed by atoms with van der Waals surface area (Å²) in [6, 6.07) is 15.4. The van der Waals surface area contributed by atoms with Gasteiger partial charge in [-0.05, 0) is 48.5 Å².